The smallest absolute Gasteiger partial charge is 0.206 e. The third kappa shape index (κ3) is 6.84. The van der Waals surface area contributed by atoms with Crippen molar-refractivity contribution in [3.05, 3.63) is 114 Å². The maximum Gasteiger partial charge on any atom is 0.206 e. The van der Waals surface area contributed by atoms with E-state index < -0.39 is 9.84 Å². The second-order valence-corrected chi connectivity index (χ2v) is 13.8. The van der Waals surface area contributed by atoms with E-state index in [1.807, 2.05) is 26.0 Å². The van der Waals surface area contributed by atoms with Gasteiger partial charge in [-0.15, -0.1) is 0 Å². The monoisotopic (exact) mass is 570 g/mol. The Morgan fingerprint density at radius 2 is 1.00 bits per heavy atom. The molecule has 0 bridgehead atoms. The minimum absolute atomic E-state index is 0.0725. The summed E-state index contributed by atoms with van der Waals surface area (Å²) in [6.07, 6.45) is 2.05. The molecular weight excluding hydrogens is 528 g/mol. The fourth-order valence-electron chi connectivity index (χ4n) is 4.62. The van der Waals surface area contributed by atoms with Gasteiger partial charge in [-0.1, -0.05) is 77.9 Å². The van der Waals surface area contributed by atoms with Gasteiger partial charge in [0.25, 0.3) is 0 Å². The summed E-state index contributed by atoms with van der Waals surface area (Å²) in [5.41, 5.74) is 3.80. The number of sulfone groups is 1. The highest BCUT2D eigenvalue weighted by atomic mass is 32.2. The molecule has 0 saturated carbocycles. The molecule has 0 heterocycles. The van der Waals surface area contributed by atoms with Crippen LogP contribution in [0, 0.1) is 0 Å². The van der Waals surface area contributed by atoms with Crippen molar-refractivity contribution in [1.82, 2.24) is 0 Å². The molecule has 4 nitrogen and oxygen atoms in total. The third-order valence-electron chi connectivity index (χ3n) is 8.26. The Bertz CT molecular complexity index is 1530. The van der Waals surface area contributed by atoms with E-state index in [2.05, 4.69) is 71.0 Å². The van der Waals surface area contributed by atoms with E-state index in [9.17, 15) is 8.42 Å². The quantitative estimate of drug-likeness (QED) is 0.180. The Kier molecular flexibility index (Phi) is 8.98. The predicted octanol–water partition coefficient (Wildman–Crippen LogP) is 9.50. The Morgan fingerprint density at radius 3 is 1.44 bits per heavy atom. The molecule has 4 aromatic carbocycles. The van der Waals surface area contributed by atoms with Crippen LogP contribution in [0.2, 0.25) is 0 Å². The van der Waals surface area contributed by atoms with Crippen molar-refractivity contribution < 1.29 is 17.9 Å². The van der Waals surface area contributed by atoms with Crippen LogP contribution in [0.4, 0.5) is 0 Å². The van der Waals surface area contributed by atoms with Crippen molar-refractivity contribution >= 4 is 9.84 Å². The summed E-state index contributed by atoms with van der Waals surface area (Å²) in [5, 5.41) is 0. The molecule has 0 amide bonds. The van der Waals surface area contributed by atoms with Crippen LogP contribution >= 0.6 is 0 Å². The first-order valence-corrected chi connectivity index (χ1v) is 15.9. The molecule has 1 unspecified atom stereocenters. The van der Waals surface area contributed by atoms with E-state index in [1.54, 1.807) is 48.5 Å². The van der Waals surface area contributed by atoms with Gasteiger partial charge in [0.15, 0.2) is 0 Å². The number of ether oxygens (including phenoxy) is 2. The minimum atomic E-state index is -3.65. The summed E-state index contributed by atoms with van der Waals surface area (Å²) in [6.45, 7) is 15.3. The van der Waals surface area contributed by atoms with Gasteiger partial charge >= 0.3 is 0 Å². The second-order valence-electron chi connectivity index (χ2n) is 11.8. The Hall–Kier alpha value is -3.57. The molecule has 1 atom stereocenters. The molecule has 0 N–H and O–H groups in total. The minimum Gasteiger partial charge on any atom is -0.491 e. The van der Waals surface area contributed by atoms with Gasteiger partial charge in [-0.2, -0.15) is 0 Å². The first kappa shape index (κ1) is 30.4. The molecule has 5 heteroatoms. The topological polar surface area (TPSA) is 52.6 Å². The summed E-state index contributed by atoms with van der Waals surface area (Å²) in [5.74, 6) is 1.92. The second kappa shape index (κ2) is 12.1. The van der Waals surface area contributed by atoms with Crippen molar-refractivity contribution in [2.45, 2.75) is 88.0 Å². The highest BCUT2D eigenvalue weighted by molar-refractivity contribution is 7.91. The van der Waals surface area contributed by atoms with Crippen LogP contribution in [-0.4, -0.2) is 14.5 Å². The van der Waals surface area contributed by atoms with Crippen molar-refractivity contribution in [2.75, 3.05) is 0 Å². The van der Waals surface area contributed by atoms with Crippen molar-refractivity contribution in [3.8, 4) is 17.2 Å². The van der Waals surface area contributed by atoms with Crippen LogP contribution in [0.5, 0.6) is 17.2 Å². The van der Waals surface area contributed by atoms with Gasteiger partial charge in [-0.05, 0) is 103 Å². The molecular formula is C36H42O4S. The summed E-state index contributed by atoms with van der Waals surface area (Å²) < 4.78 is 38.1. The summed E-state index contributed by atoms with van der Waals surface area (Å²) in [4.78, 5) is 0.440. The van der Waals surface area contributed by atoms with E-state index in [-0.39, 0.29) is 26.7 Å². The first-order chi connectivity index (χ1) is 19.4. The predicted molar refractivity (Wildman–Crippen MR) is 167 cm³/mol. The molecule has 0 spiro atoms. The third-order valence-corrected chi connectivity index (χ3v) is 10.0. The molecule has 216 valence electrons. The zero-order valence-corrected chi connectivity index (χ0v) is 26.1. The molecule has 4 rings (SSSR count). The fraction of sp³-hybridized carbons (Fsp3) is 0.333. The van der Waals surface area contributed by atoms with Gasteiger partial charge in [0.2, 0.25) is 9.84 Å². The van der Waals surface area contributed by atoms with Crippen molar-refractivity contribution in [2.24, 2.45) is 0 Å². The molecule has 0 fully saturated rings. The fourth-order valence-corrected chi connectivity index (χ4v) is 5.88. The van der Waals surface area contributed by atoms with Crippen molar-refractivity contribution in [1.29, 1.82) is 0 Å². The molecule has 41 heavy (non-hydrogen) atoms. The van der Waals surface area contributed by atoms with E-state index >= 15 is 0 Å². The first-order valence-electron chi connectivity index (χ1n) is 14.4. The zero-order chi connectivity index (χ0) is 29.8. The van der Waals surface area contributed by atoms with E-state index in [0.29, 0.717) is 17.2 Å². The Morgan fingerprint density at radius 1 is 0.610 bits per heavy atom. The van der Waals surface area contributed by atoms with Gasteiger partial charge in [-0.25, -0.2) is 8.42 Å². The van der Waals surface area contributed by atoms with Crippen LogP contribution in [0.15, 0.2) is 107 Å². The highest BCUT2D eigenvalue weighted by Gasteiger charge is 2.25. The Labute approximate surface area is 246 Å². The van der Waals surface area contributed by atoms with Gasteiger partial charge in [0, 0.05) is 5.41 Å². The largest absolute Gasteiger partial charge is 0.491 e. The van der Waals surface area contributed by atoms with Crippen LogP contribution in [0.3, 0.4) is 0 Å². The number of rotatable bonds is 11. The number of hydrogen-bond donors (Lipinski definition) is 0. The summed E-state index contributed by atoms with van der Waals surface area (Å²) in [7, 11) is -3.65. The highest BCUT2D eigenvalue weighted by Crippen LogP contribution is 2.35. The van der Waals surface area contributed by atoms with Crippen LogP contribution in [0.1, 0.15) is 78.0 Å². The lowest BCUT2D eigenvalue weighted by atomic mass is 9.76. The van der Waals surface area contributed by atoms with Crippen LogP contribution in [0.25, 0.3) is 0 Å². The van der Waals surface area contributed by atoms with Gasteiger partial charge in [0.1, 0.15) is 17.2 Å². The lowest BCUT2D eigenvalue weighted by Crippen LogP contribution is -2.20. The molecule has 0 radical (unpaired) electrons. The number of hydrogen-bond acceptors (Lipinski definition) is 4. The van der Waals surface area contributed by atoms with Gasteiger partial charge in [0.05, 0.1) is 15.9 Å². The lowest BCUT2D eigenvalue weighted by molar-refractivity contribution is 0.217. The average molecular weight is 571 g/mol. The van der Waals surface area contributed by atoms with E-state index in [1.165, 1.54) is 16.7 Å². The number of benzene rings is 4. The van der Waals surface area contributed by atoms with E-state index in [4.69, 9.17) is 9.47 Å². The zero-order valence-electron chi connectivity index (χ0n) is 25.3. The molecule has 0 aliphatic rings. The normalized spacial score (nSPS) is 13.0. The molecule has 0 saturated heterocycles. The molecule has 4 aromatic rings. The maximum atomic E-state index is 13.1. The summed E-state index contributed by atoms with van der Waals surface area (Å²) in [6, 6.07) is 30.2. The summed E-state index contributed by atoms with van der Waals surface area (Å²) >= 11 is 0. The lowest BCUT2D eigenvalue weighted by Gasteiger charge is -2.28. The van der Waals surface area contributed by atoms with Crippen LogP contribution < -0.4 is 9.47 Å². The molecule has 0 aliphatic heterocycles. The van der Waals surface area contributed by atoms with Gasteiger partial charge in [-0.3, -0.25) is 0 Å². The van der Waals surface area contributed by atoms with Crippen LogP contribution in [-0.2, 0) is 20.7 Å². The average Bonchev–Trinajstić information content (AvgIpc) is 2.98. The van der Waals surface area contributed by atoms with Gasteiger partial charge < -0.3 is 9.47 Å². The standard InChI is InChI=1S/C36H42O4S/c1-8-26(3)39-30-18-22-33(23-19-30)41(37,38)34-24-20-32(21-25-34)40-31-16-14-29(15-17-31)36(6,7)28-12-10-27(11-13-28)35(4,5)9-2/h10-26H,8-9H2,1-7H3. The molecule has 0 aliphatic carbocycles. The molecule has 0 aromatic heterocycles. The van der Waals surface area contributed by atoms with Crippen molar-refractivity contribution in [3.63, 3.8) is 0 Å². The Balaban J connectivity index is 1.44. The SMILES string of the molecule is CCC(C)Oc1ccc(S(=O)(=O)c2ccc(Oc3ccc(C(C)(C)c4ccc(C(C)(C)CC)cc4)cc3)cc2)cc1. The van der Waals surface area contributed by atoms with E-state index in [0.717, 1.165) is 12.8 Å². The maximum absolute atomic E-state index is 13.1.